The zero-order chi connectivity index (χ0) is 18.0. The molecular formula is C18H18ClN3O3. The van der Waals surface area contributed by atoms with Crippen molar-refractivity contribution in [1.29, 1.82) is 0 Å². The summed E-state index contributed by atoms with van der Waals surface area (Å²) >= 11 is 6.21. The minimum Gasteiger partial charge on any atom is -0.482 e. The van der Waals surface area contributed by atoms with Crippen LogP contribution in [0.1, 0.15) is 18.5 Å². The molecule has 6 nitrogen and oxygen atoms in total. The van der Waals surface area contributed by atoms with Gasteiger partial charge in [0.2, 0.25) is 0 Å². The minimum atomic E-state index is -0.271. The fourth-order valence-corrected chi connectivity index (χ4v) is 2.86. The van der Waals surface area contributed by atoms with Crippen molar-refractivity contribution in [2.75, 3.05) is 24.3 Å². The highest BCUT2D eigenvalue weighted by atomic mass is 35.5. The predicted octanol–water partition coefficient (Wildman–Crippen LogP) is 3.90. The van der Waals surface area contributed by atoms with Crippen LogP contribution in [0.15, 0.2) is 42.5 Å². The number of benzene rings is 2. The summed E-state index contributed by atoms with van der Waals surface area (Å²) in [6.07, 6.45) is 0. The van der Waals surface area contributed by atoms with Crippen molar-refractivity contribution < 1.29 is 14.3 Å². The van der Waals surface area contributed by atoms with Gasteiger partial charge in [-0.05, 0) is 30.7 Å². The Morgan fingerprint density at radius 3 is 2.84 bits per heavy atom. The first-order valence-corrected chi connectivity index (χ1v) is 8.18. The van der Waals surface area contributed by atoms with E-state index in [2.05, 4.69) is 10.6 Å². The third kappa shape index (κ3) is 3.69. The first-order valence-electron chi connectivity index (χ1n) is 7.80. The van der Waals surface area contributed by atoms with Crippen LogP contribution in [0.25, 0.3) is 0 Å². The van der Waals surface area contributed by atoms with Crippen LogP contribution in [-0.2, 0) is 4.79 Å². The average molecular weight is 360 g/mol. The van der Waals surface area contributed by atoms with E-state index in [1.165, 1.54) is 0 Å². The molecule has 0 bridgehead atoms. The number of anilines is 2. The number of hydrogen-bond donors (Lipinski definition) is 2. The summed E-state index contributed by atoms with van der Waals surface area (Å²) in [5.74, 6) is 0.330. The van der Waals surface area contributed by atoms with E-state index in [1.54, 1.807) is 36.2 Å². The van der Waals surface area contributed by atoms with Gasteiger partial charge < -0.3 is 20.3 Å². The molecule has 3 rings (SSSR count). The van der Waals surface area contributed by atoms with Crippen LogP contribution in [0.2, 0.25) is 5.02 Å². The average Bonchev–Trinajstić information content (AvgIpc) is 2.61. The number of carbonyl (C=O) groups excluding carboxylic acids is 2. The third-order valence-electron chi connectivity index (χ3n) is 4.12. The summed E-state index contributed by atoms with van der Waals surface area (Å²) in [6, 6.07) is 12.1. The molecule has 0 fully saturated rings. The van der Waals surface area contributed by atoms with Gasteiger partial charge in [0, 0.05) is 23.8 Å². The topological polar surface area (TPSA) is 70.7 Å². The second kappa shape index (κ2) is 7.03. The van der Waals surface area contributed by atoms with E-state index in [4.69, 9.17) is 16.3 Å². The molecule has 7 heteroatoms. The van der Waals surface area contributed by atoms with E-state index in [1.807, 2.05) is 25.1 Å². The van der Waals surface area contributed by atoms with E-state index >= 15 is 0 Å². The monoisotopic (exact) mass is 359 g/mol. The fraction of sp³-hybridized carbons (Fsp3) is 0.222. The second-order valence-corrected chi connectivity index (χ2v) is 6.19. The van der Waals surface area contributed by atoms with E-state index in [-0.39, 0.29) is 24.6 Å². The van der Waals surface area contributed by atoms with Crippen molar-refractivity contribution in [1.82, 2.24) is 4.90 Å². The molecule has 0 radical (unpaired) electrons. The molecule has 130 valence electrons. The fourth-order valence-electron chi connectivity index (χ4n) is 2.56. The number of fused-ring (bicyclic) bond motifs is 1. The van der Waals surface area contributed by atoms with Crippen molar-refractivity contribution in [2.45, 2.75) is 13.0 Å². The summed E-state index contributed by atoms with van der Waals surface area (Å²) in [6.45, 7) is 1.88. The smallest absolute Gasteiger partial charge is 0.322 e. The highest BCUT2D eigenvalue weighted by Crippen LogP contribution is 2.31. The maximum atomic E-state index is 12.5. The predicted molar refractivity (Wildman–Crippen MR) is 97.2 cm³/mol. The van der Waals surface area contributed by atoms with Gasteiger partial charge in [-0.3, -0.25) is 4.79 Å². The molecular weight excluding hydrogens is 342 g/mol. The van der Waals surface area contributed by atoms with Crippen molar-refractivity contribution in [3.05, 3.63) is 53.1 Å². The van der Waals surface area contributed by atoms with Gasteiger partial charge in [-0.15, -0.1) is 0 Å². The van der Waals surface area contributed by atoms with Crippen LogP contribution in [0, 0.1) is 0 Å². The van der Waals surface area contributed by atoms with Crippen LogP contribution >= 0.6 is 11.6 Å². The van der Waals surface area contributed by atoms with Crippen molar-refractivity contribution >= 4 is 34.9 Å². The number of rotatable bonds is 3. The number of amides is 3. The Kier molecular flexibility index (Phi) is 4.81. The van der Waals surface area contributed by atoms with Gasteiger partial charge in [0.25, 0.3) is 5.91 Å². The molecule has 2 aromatic carbocycles. The zero-order valence-corrected chi connectivity index (χ0v) is 14.6. The highest BCUT2D eigenvalue weighted by Gasteiger charge is 2.21. The van der Waals surface area contributed by atoms with Crippen LogP contribution in [-0.4, -0.2) is 30.5 Å². The molecule has 0 saturated carbocycles. The standard InChI is InChI=1S/C18H18ClN3O3/c1-11(13-5-3-4-6-14(13)19)22(2)18(24)20-12-7-8-15-16(9-12)25-10-17(23)21-15/h3-9,11H,10H2,1-2H3,(H,20,24)(H,21,23). The molecule has 2 aromatic rings. The molecule has 0 aliphatic carbocycles. The Balaban J connectivity index is 1.71. The van der Waals surface area contributed by atoms with E-state index in [0.717, 1.165) is 5.56 Å². The Bertz CT molecular complexity index is 825. The lowest BCUT2D eigenvalue weighted by atomic mass is 10.1. The number of nitrogens with zero attached hydrogens (tertiary/aromatic N) is 1. The maximum Gasteiger partial charge on any atom is 0.322 e. The second-order valence-electron chi connectivity index (χ2n) is 5.79. The summed E-state index contributed by atoms with van der Waals surface area (Å²) in [4.78, 5) is 25.4. The first-order chi connectivity index (χ1) is 12.0. The molecule has 0 spiro atoms. The Morgan fingerprint density at radius 1 is 1.32 bits per heavy atom. The Hall–Kier alpha value is -2.73. The number of carbonyl (C=O) groups is 2. The molecule has 2 N–H and O–H groups in total. The number of halogens is 1. The van der Waals surface area contributed by atoms with Gasteiger partial charge in [-0.25, -0.2) is 4.79 Å². The van der Waals surface area contributed by atoms with Crippen molar-refractivity contribution in [3.63, 3.8) is 0 Å². The van der Waals surface area contributed by atoms with Crippen molar-refractivity contribution in [2.24, 2.45) is 0 Å². The molecule has 3 amide bonds. The van der Waals surface area contributed by atoms with Gasteiger partial charge in [0.05, 0.1) is 11.7 Å². The molecule has 1 atom stereocenters. The lowest BCUT2D eigenvalue weighted by Crippen LogP contribution is -2.33. The van der Waals surface area contributed by atoms with Gasteiger partial charge in [-0.1, -0.05) is 29.8 Å². The number of hydrogen-bond acceptors (Lipinski definition) is 3. The van der Waals surface area contributed by atoms with Gasteiger partial charge in [-0.2, -0.15) is 0 Å². The molecule has 1 aliphatic rings. The normalized spacial score (nSPS) is 14.0. The van der Waals surface area contributed by atoms with Gasteiger partial charge in [0.1, 0.15) is 5.75 Å². The molecule has 1 aliphatic heterocycles. The Morgan fingerprint density at radius 2 is 2.08 bits per heavy atom. The highest BCUT2D eigenvalue weighted by molar-refractivity contribution is 6.31. The molecule has 0 saturated heterocycles. The van der Waals surface area contributed by atoms with Gasteiger partial charge in [0.15, 0.2) is 6.61 Å². The minimum absolute atomic E-state index is 0.0339. The lowest BCUT2D eigenvalue weighted by Gasteiger charge is -2.26. The summed E-state index contributed by atoms with van der Waals surface area (Å²) < 4.78 is 5.36. The maximum absolute atomic E-state index is 12.5. The quantitative estimate of drug-likeness (QED) is 0.873. The molecule has 25 heavy (non-hydrogen) atoms. The van der Waals surface area contributed by atoms with E-state index < -0.39 is 0 Å². The summed E-state index contributed by atoms with van der Waals surface area (Å²) in [5, 5.41) is 6.15. The number of urea groups is 1. The summed E-state index contributed by atoms with van der Waals surface area (Å²) in [7, 11) is 1.71. The number of nitrogens with one attached hydrogen (secondary N) is 2. The summed E-state index contributed by atoms with van der Waals surface area (Å²) in [5.41, 5.74) is 2.04. The third-order valence-corrected chi connectivity index (χ3v) is 4.47. The Labute approximate surface area is 150 Å². The SMILES string of the molecule is CC(c1ccccc1Cl)N(C)C(=O)Nc1ccc2c(c1)OCC(=O)N2. The van der Waals surface area contributed by atoms with Crippen LogP contribution in [0.4, 0.5) is 16.2 Å². The zero-order valence-electron chi connectivity index (χ0n) is 13.9. The van der Waals surface area contributed by atoms with Crippen molar-refractivity contribution in [3.8, 4) is 5.75 Å². The van der Waals surface area contributed by atoms with Crippen LogP contribution < -0.4 is 15.4 Å². The van der Waals surface area contributed by atoms with E-state index in [0.29, 0.717) is 22.1 Å². The largest absolute Gasteiger partial charge is 0.482 e. The van der Waals surface area contributed by atoms with Gasteiger partial charge >= 0.3 is 6.03 Å². The first kappa shape index (κ1) is 17.1. The van der Waals surface area contributed by atoms with Crippen LogP contribution in [0.5, 0.6) is 5.75 Å². The lowest BCUT2D eigenvalue weighted by molar-refractivity contribution is -0.118. The molecule has 1 heterocycles. The number of ether oxygens (including phenoxy) is 1. The molecule has 0 aromatic heterocycles. The van der Waals surface area contributed by atoms with E-state index in [9.17, 15) is 9.59 Å². The molecule has 1 unspecified atom stereocenters. The van der Waals surface area contributed by atoms with Crippen LogP contribution in [0.3, 0.4) is 0 Å².